The van der Waals surface area contributed by atoms with Crippen LogP contribution in [0.3, 0.4) is 0 Å². The van der Waals surface area contributed by atoms with E-state index in [0.29, 0.717) is 38.1 Å². The SMILES string of the molecule is N=c1cc2c(=O)n(C3CCCCC3)c(=O)c3ccc4c5ccc6c(O)n(C7CCCCC7)c(=O)c7ccc(c1c4c3-2)c5c67. The Labute approximate surface area is 245 Å². The third kappa shape index (κ3) is 3.15. The van der Waals surface area contributed by atoms with Gasteiger partial charge < -0.3 is 10.5 Å². The molecule has 4 aliphatic rings. The average Bonchev–Trinajstić information content (AvgIpc) is 3.03. The van der Waals surface area contributed by atoms with Crippen LogP contribution < -0.4 is 22.0 Å². The minimum absolute atomic E-state index is 0.00855. The summed E-state index contributed by atoms with van der Waals surface area (Å²) in [5.41, 5.74) is 0.318. The molecule has 0 amide bonds. The zero-order valence-electron chi connectivity index (χ0n) is 23.8. The average molecular weight is 570 g/mol. The largest absolute Gasteiger partial charge is 0.494 e. The standard InChI is InChI=1S/C36H31N3O4/c37-27-17-26-30-25(35(42)39(36(26)43)19-9-5-2-6-10-19)15-12-21-20-11-14-23-29-24(16-13-22(28(20)29)31(27)32(21)30)34(41)38(33(23)40)18-7-3-1-4-8-18/h11-19,37,40H,1-10H2. The fourth-order valence-electron chi connectivity index (χ4n) is 8.77. The maximum Gasteiger partial charge on any atom is 0.261 e. The van der Waals surface area contributed by atoms with Crippen molar-refractivity contribution in [2.24, 2.45) is 0 Å². The fraction of sp³-hybridized carbons (Fsp3) is 0.333. The number of fused-ring (bicyclic) bond motifs is 2. The molecule has 1 aliphatic heterocycles. The second-order valence-corrected chi connectivity index (χ2v) is 12.9. The molecule has 2 fully saturated rings. The molecule has 1 aromatic heterocycles. The van der Waals surface area contributed by atoms with Gasteiger partial charge in [-0.25, -0.2) is 0 Å². The number of nitrogens with one attached hydrogen (secondary N) is 1. The molecular weight excluding hydrogens is 538 g/mol. The van der Waals surface area contributed by atoms with Gasteiger partial charge in [0.1, 0.15) is 0 Å². The Hall–Kier alpha value is -4.52. The summed E-state index contributed by atoms with van der Waals surface area (Å²) in [4.78, 5) is 41.8. The summed E-state index contributed by atoms with van der Waals surface area (Å²) in [6, 6.07) is 12.9. The third-order valence-electron chi connectivity index (χ3n) is 10.7. The molecule has 2 saturated carbocycles. The van der Waals surface area contributed by atoms with Gasteiger partial charge in [0, 0.05) is 50.0 Å². The highest BCUT2D eigenvalue weighted by atomic mass is 16.3. The summed E-state index contributed by atoms with van der Waals surface area (Å²) >= 11 is 0. The summed E-state index contributed by atoms with van der Waals surface area (Å²) < 4.78 is 3.06. The highest BCUT2D eigenvalue weighted by Gasteiger charge is 2.30. The Bertz CT molecular complexity index is 2460. The third-order valence-corrected chi connectivity index (χ3v) is 10.7. The number of benzene rings is 5. The summed E-state index contributed by atoms with van der Waals surface area (Å²) in [5.74, 6) is 0.00855. The highest BCUT2D eigenvalue weighted by molar-refractivity contribution is 6.37. The van der Waals surface area contributed by atoms with Crippen LogP contribution in [0.25, 0.3) is 65.0 Å². The van der Waals surface area contributed by atoms with E-state index in [0.717, 1.165) is 91.1 Å². The molecule has 0 radical (unpaired) electrons. The van der Waals surface area contributed by atoms with Gasteiger partial charge in [0.2, 0.25) is 5.88 Å². The molecule has 2 heterocycles. The van der Waals surface area contributed by atoms with Crippen LogP contribution in [-0.4, -0.2) is 14.2 Å². The predicted molar refractivity (Wildman–Crippen MR) is 171 cm³/mol. The van der Waals surface area contributed by atoms with Gasteiger partial charge in [-0.1, -0.05) is 56.7 Å². The number of rotatable bonds is 2. The minimum atomic E-state index is -0.300. The molecule has 0 spiro atoms. The molecule has 43 heavy (non-hydrogen) atoms. The van der Waals surface area contributed by atoms with Gasteiger partial charge >= 0.3 is 0 Å². The lowest BCUT2D eigenvalue weighted by atomic mass is 9.83. The Morgan fingerprint density at radius 1 is 0.558 bits per heavy atom. The van der Waals surface area contributed by atoms with Gasteiger partial charge in [-0.05, 0) is 71.5 Å². The topological polar surface area (TPSA) is 105 Å². The van der Waals surface area contributed by atoms with Crippen molar-refractivity contribution in [2.45, 2.75) is 76.3 Å². The van der Waals surface area contributed by atoms with Crippen LogP contribution in [0.1, 0.15) is 76.3 Å². The zero-order valence-corrected chi connectivity index (χ0v) is 23.8. The van der Waals surface area contributed by atoms with Gasteiger partial charge in [0.15, 0.2) is 0 Å². The molecular formula is C36H31N3O4. The molecule has 9 rings (SSSR count). The lowest BCUT2D eigenvalue weighted by Gasteiger charge is -2.27. The van der Waals surface area contributed by atoms with Crippen LogP contribution in [0, 0.1) is 5.41 Å². The van der Waals surface area contributed by atoms with E-state index in [4.69, 9.17) is 0 Å². The van der Waals surface area contributed by atoms with Crippen molar-refractivity contribution in [1.82, 2.24) is 9.13 Å². The van der Waals surface area contributed by atoms with Crippen molar-refractivity contribution in [3.05, 3.63) is 78.9 Å². The number of hydrogen-bond acceptors (Lipinski definition) is 5. The first-order valence-corrected chi connectivity index (χ1v) is 15.7. The van der Waals surface area contributed by atoms with Crippen molar-refractivity contribution in [3.63, 3.8) is 0 Å². The molecule has 5 aromatic rings. The van der Waals surface area contributed by atoms with Crippen LogP contribution >= 0.6 is 0 Å². The summed E-state index contributed by atoms with van der Waals surface area (Å²) in [6.45, 7) is 0. The number of aromatic nitrogens is 2. The Morgan fingerprint density at radius 3 is 1.77 bits per heavy atom. The Balaban J connectivity index is 1.43. The normalized spacial score (nSPS) is 17.6. The molecule has 0 saturated heterocycles. The first kappa shape index (κ1) is 25.0. The second kappa shape index (κ2) is 8.75. The highest BCUT2D eigenvalue weighted by Crippen LogP contribution is 2.46. The van der Waals surface area contributed by atoms with Crippen molar-refractivity contribution in [1.29, 1.82) is 5.41 Å². The fourth-order valence-corrected chi connectivity index (χ4v) is 8.77. The first-order chi connectivity index (χ1) is 21.0. The lowest BCUT2D eigenvalue weighted by Crippen LogP contribution is -2.39. The molecule has 0 unspecified atom stereocenters. The summed E-state index contributed by atoms with van der Waals surface area (Å²) in [6.07, 6.45) is 9.76. The second-order valence-electron chi connectivity index (χ2n) is 12.9. The lowest BCUT2D eigenvalue weighted by molar-refractivity contribution is 0.308. The Morgan fingerprint density at radius 2 is 1.07 bits per heavy atom. The summed E-state index contributed by atoms with van der Waals surface area (Å²) in [5, 5.41) is 28.1. The van der Waals surface area contributed by atoms with Crippen LogP contribution in [0.15, 0.2) is 56.8 Å². The number of nitrogens with zero attached hydrogens (tertiary/aromatic N) is 2. The van der Waals surface area contributed by atoms with E-state index in [2.05, 4.69) is 0 Å². The monoisotopic (exact) mass is 569 g/mol. The molecule has 3 aliphatic carbocycles. The van der Waals surface area contributed by atoms with E-state index in [1.54, 1.807) is 10.6 Å². The quantitative estimate of drug-likeness (QED) is 0.177. The van der Waals surface area contributed by atoms with E-state index in [1.165, 1.54) is 4.57 Å². The molecule has 4 aromatic carbocycles. The molecule has 7 nitrogen and oxygen atoms in total. The van der Waals surface area contributed by atoms with E-state index in [9.17, 15) is 24.9 Å². The first-order valence-electron chi connectivity index (χ1n) is 15.7. The molecule has 0 bridgehead atoms. The van der Waals surface area contributed by atoms with Gasteiger partial charge in [0.05, 0.1) is 10.9 Å². The number of pyridine rings is 2. The van der Waals surface area contributed by atoms with Gasteiger partial charge in [0.25, 0.3) is 16.7 Å². The van der Waals surface area contributed by atoms with E-state index >= 15 is 0 Å². The zero-order chi connectivity index (χ0) is 29.1. The predicted octanol–water partition coefficient (Wildman–Crippen LogP) is 6.75. The van der Waals surface area contributed by atoms with Gasteiger partial charge in [-0.2, -0.15) is 0 Å². The molecule has 214 valence electrons. The molecule has 0 atom stereocenters. The molecule has 2 N–H and O–H groups in total. The molecule has 7 heteroatoms. The van der Waals surface area contributed by atoms with Crippen molar-refractivity contribution < 1.29 is 5.11 Å². The smallest absolute Gasteiger partial charge is 0.261 e. The van der Waals surface area contributed by atoms with Crippen molar-refractivity contribution in [3.8, 4) is 17.0 Å². The van der Waals surface area contributed by atoms with E-state index in [-0.39, 0.29) is 40.0 Å². The maximum atomic E-state index is 13.9. The maximum absolute atomic E-state index is 13.9. The van der Waals surface area contributed by atoms with E-state index in [1.807, 2.05) is 36.4 Å². The number of aromatic hydroxyl groups is 1. The van der Waals surface area contributed by atoms with Crippen LogP contribution in [0.2, 0.25) is 0 Å². The van der Waals surface area contributed by atoms with Crippen LogP contribution in [-0.2, 0) is 0 Å². The van der Waals surface area contributed by atoms with Crippen LogP contribution in [0.4, 0.5) is 0 Å². The van der Waals surface area contributed by atoms with Crippen LogP contribution in [0.5, 0.6) is 5.88 Å². The van der Waals surface area contributed by atoms with E-state index < -0.39 is 0 Å². The van der Waals surface area contributed by atoms with Crippen molar-refractivity contribution in [2.75, 3.05) is 0 Å². The Kier molecular flexibility index (Phi) is 5.09. The minimum Gasteiger partial charge on any atom is -0.494 e. The van der Waals surface area contributed by atoms with Gasteiger partial charge in [-0.15, -0.1) is 0 Å². The van der Waals surface area contributed by atoms with Gasteiger partial charge in [-0.3, -0.25) is 23.5 Å². The summed E-state index contributed by atoms with van der Waals surface area (Å²) in [7, 11) is 0. The number of hydrogen-bond donors (Lipinski definition) is 2. The van der Waals surface area contributed by atoms with Crippen molar-refractivity contribution >= 4 is 53.9 Å².